The SMILES string of the molecule is c1ccc(C2=NC(c3cc(N(c4ccccc4)c4ccc5ccccc5c4)c4c(c3)oc3c5ccccc5ccc34)=NC(c3ccccc3)N2)cc1. The first-order valence-electron chi connectivity index (χ1n) is 17.5. The maximum atomic E-state index is 6.91. The summed E-state index contributed by atoms with van der Waals surface area (Å²) >= 11 is 0. The number of benzene rings is 8. The molecule has 0 aliphatic carbocycles. The van der Waals surface area contributed by atoms with Crippen LogP contribution in [0.3, 0.4) is 0 Å². The molecule has 10 rings (SSSR count). The van der Waals surface area contributed by atoms with Crippen molar-refractivity contribution in [1.82, 2.24) is 5.32 Å². The van der Waals surface area contributed by atoms with E-state index in [0.29, 0.717) is 5.84 Å². The van der Waals surface area contributed by atoms with Crippen LogP contribution < -0.4 is 10.2 Å². The molecule has 1 unspecified atom stereocenters. The van der Waals surface area contributed by atoms with Crippen LogP contribution in [0.5, 0.6) is 0 Å². The van der Waals surface area contributed by atoms with Crippen molar-refractivity contribution < 1.29 is 4.42 Å². The van der Waals surface area contributed by atoms with Crippen LogP contribution in [0.1, 0.15) is 22.9 Å². The molecule has 0 amide bonds. The van der Waals surface area contributed by atoms with E-state index < -0.39 is 0 Å². The Kier molecular flexibility index (Phi) is 7.14. The molecule has 0 bridgehead atoms. The lowest BCUT2D eigenvalue weighted by Gasteiger charge is -2.28. The third-order valence-electron chi connectivity index (χ3n) is 9.85. The van der Waals surface area contributed by atoms with Gasteiger partial charge in [0, 0.05) is 33.3 Å². The lowest BCUT2D eigenvalue weighted by molar-refractivity contribution is 0.670. The molecule has 2 heterocycles. The topological polar surface area (TPSA) is 53.1 Å². The molecular formula is C47H32N4O. The first kappa shape index (κ1) is 29.9. The van der Waals surface area contributed by atoms with Gasteiger partial charge in [0.1, 0.15) is 23.2 Å². The number of furan rings is 1. The minimum atomic E-state index is -0.326. The van der Waals surface area contributed by atoms with Gasteiger partial charge in [-0.25, -0.2) is 9.98 Å². The molecule has 1 aliphatic rings. The van der Waals surface area contributed by atoms with Gasteiger partial charge in [0.15, 0.2) is 5.84 Å². The normalized spacial score (nSPS) is 14.3. The van der Waals surface area contributed by atoms with Crippen LogP contribution in [0.15, 0.2) is 196 Å². The zero-order valence-electron chi connectivity index (χ0n) is 28.1. The van der Waals surface area contributed by atoms with Crippen LogP contribution in [0, 0.1) is 0 Å². The van der Waals surface area contributed by atoms with Gasteiger partial charge in [-0.2, -0.15) is 0 Å². The molecule has 1 aromatic heterocycles. The molecule has 1 aliphatic heterocycles. The van der Waals surface area contributed by atoms with E-state index in [2.05, 4.69) is 156 Å². The summed E-state index contributed by atoms with van der Waals surface area (Å²) < 4.78 is 6.91. The van der Waals surface area contributed by atoms with E-state index >= 15 is 0 Å². The first-order chi connectivity index (χ1) is 25.8. The third kappa shape index (κ3) is 5.19. The van der Waals surface area contributed by atoms with Crippen LogP contribution in [-0.2, 0) is 0 Å². The van der Waals surface area contributed by atoms with Crippen LogP contribution in [-0.4, -0.2) is 11.7 Å². The fourth-order valence-electron chi connectivity index (χ4n) is 7.36. The Hall–Kier alpha value is -6.98. The van der Waals surface area contributed by atoms with Crippen molar-refractivity contribution in [3.8, 4) is 0 Å². The van der Waals surface area contributed by atoms with Gasteiger partial charge in [-0.1, -0.05) is 140 Å². The quantitative estimate of drug-likeness (QED) is 0.192. The average molecular weight is 669 g/mol. The third-order valence-corrected chi connectivity index (χ3v) is 9.85. The number of rotatable bonds is 6. The molecule has 5 nitrogen and oxygen atoms in total. The number of amidine groups is 2. The smallest absolute Gasteiger partial charge is 0.159 e. The van der Waals surface area contributed by atoms with Crippen molar-refractivity contribution in [2.75, 3.05) is 4.90 Å². The number of fused-ring (bicyclic) bond motifs is 6. The van der Waals surface area contributed by atoms with Crippen molar-refractivity contribution in [2.45, 2.75) is 6.17 Å². The molecule has 8 aromatic carbocycles. The number of nitrogens with one attached hydrogen (secondary N) is 1. The lowest BCUT2D eigenvalue weighted by atomic mass is 10.0. The molecule has 246 valence electrons. The summed E-state index contributed by atoms with van der Waals surface area (Å²) in [6.45, 7) is 0. The Morgan fingerprint density at radius 3 is 2.00 bits per heavy atom. The summed E-state index contributed by atoms with van der Waals surface area (Å²) in [6, 6.07) is 63.4. The number of hydrogen-bond donors (Lipinski definition) is 1. The highest BCUT2D eigenvalue weighted by Gasteiger charge is 2.26. The molecule has 9 aromatic rings. The Morgan fingerprint density at radius 2 is 1.19 bits per heavy atom. The highest BCUT2D eigenvalue weighted by atomic mass is 16.3. The Balaban J connectivity index is 1.27. The molecule has 0 radical (unpaired) electrons. The predicted octanol–water partition coefficient (Wildman–Crippen LogP) is 11.9. The lowest BCUT2D eigenvalue weighted by Crippen LogP contribution is -2.33. The number of anilines is 3. The summed E-state index contributed by atoms with van der Waals surface area (Å²) in [5.74, 6) is 1.40. The van der Waals surface area contributed by atoms with Crippen LogP contribution in [0.2, 0.25) is 0 Å². The summed E-state index contributed by atoms with van der Waals surface area (Å²) in [4.78, 5) is 12.8. The van der Waals surface area contributed by atoms with Gasteiger partial charge in [0.05, 0.1) is 11.1 Å². The molecule has 0 saturated carbocycles. The van der Waals surface area contributed by atoms with E-state index in [-0.39, 0.29) is 6.17 Å². The fourth-order valence-corrected chi connectivity index (χ4v) is 7.36. The second-order valence-electron chi connectivity index (χ2n) is 13.1. The molecule has 5 heteroatoms. The van der Waals surface area contributed by atoms with E-state index in [1.165, 1.54) is 10.8 Å². The molecule has 0 saturated heterocycles. The van der Waals surface area contributed by atoms with Gasteiger partial charge in [-0.15, -0.1) is 0 Å². The van der Waals surface area contributed by atoms with Gasteiger partial charge >= 0.3 is 0 Å². The summed E-state index contributed by atoms with van der Waals surface area (Å²) in [5, 5.41) is 10.3. The summed E-state index contributed by atoms with van der Waals surface area (Å²) in [6.07, 6.45) is -0.326. The summed E-state index contributed by atoms with van der Waals surface area (Å²) in [5.41, 5.74) is 7.61. The van der Waals surface area contributed by atoms with E-state index in [0.717, 1.165) is 72.3 Å². The van der Waals surface area contributed by atoms with Gasteiger partial charge in [-0.05, 0) is 64.2 Å². The number of nitrogens with zero attached hydrogens (tertiary/aromatic N) is 3. The minimum Gasteiger partial charge on any atom is -0.455 e. The van der Waals surface area contributed by atoms with E-state index in [4.69, 9.17) is 14.4 Å². The molecule has 1 N–H and O–H groups in total. The number of hydrogen-bond acceptors (Lipinski definition) is 5. The maximum Gasteiger partial charge on any atom is 0.159 e. The zero-order chi connectivity index (χ0) is 34.4. The van der Waals surface area contributed by atoms with Crippen molar-refractivity contribution >= 4 is 72.2 Å². The second kappa shape index (κ2) is 12.4. The van der Waals surface area contributed by atoms with E-state index in [9.17, 15) is 0 Å². The monoisotopic (exact) mass is 668 g/mol. The van der Waals surface area contributed by atoms with Crippen molar-refractivity contribution in [2.24, 2.45) is 9.98 Å². The molecular weight excluding hydrogens is 637 g/mol. The molecule has 52 heavy (non-hydrogen) atoms. The predicted molar refractivity (Wildman–Crippen MR) is 215 cm³/mol. The van der Waals surface area contributed by atoms with Crippen LogP contribution in [0.25, 0.3) is 43.5 Å². The van der Waals surface area contributed by atoms with Crippen LogP contribution in [0.4, 0.5) is 17.1 Å². The highest BCUT2D eigenvalue weighted by Crippen LogP contribution is 2.45. The standard InChI is InChI=1S/C47H32N4O/c1-4-16-33(17-5-1)45-48-46(34-18-6-2-7-19-34)50-47(49-45)36-29-41(43-40-27-25-32-15-12-13-23-39(32)44(40)52-42(43)30-36)51(37-21-8-3-9-22-37)38-26-24-31-14-10-11-20-35(31)28-38/h1-30,45H,(H,48,49,50). The molecule has 0 spiro atoms. The number of aliphatic imine (C=N–C) groups is 2. The Bertz CT molecular complexity index is 2820. The Labute approximate surface area is 300 Å². The molecule has 1 atom stereocenters. The minimum absolute atomic E-state index is 0.326. The number of para-hydroxylation sites is 1. The van der Waals surface area contributed by atoms with Gasteiger partial charge < -0.3 is 14.6 Å². The summed E-state index contributed by atoms with van der Waals surface area (Å²) in [7, 11) is 0. The van der Waals surface area contributed by atoms with Gasteiger partial charge in [-0.3, -0.25) is 0 Å². The average Bonchev–Trinajstić information content (AvgIpc) is 3.61. The second-order valence-corrected chi connectivity index (χ2v) is 13.1. The van der Waals surface area contributed by atoms with Crippen molar-refractivity contribution in [1.29, 1.82) is 0 Å². The molecule has 0 fully saturated rings. The van der Waals surface area contributed by atoms with Crippen molar-refractivity contribution in [3.05, 3.63) is 199 Å². The van der Waals surface area contributed by atoms with E-state index in [1.54, 1.807) is 0 Å². The van der Waals surface area contributed by atoms with E-state index in [1.807, 2.05) is 36.4 Å². The van der Waals surface area contributed by atoms with Gasteiger partial charge in [0.2, 0.25) is 0 Å². The highest BCUT2D eigenvalue weighted by molar-refractivity contribution is 6.22. The zero-order valence-corrected chi connectivity index (χ0v) is 28.1. The fraction of sp³-hybridized carbons (Fsp3) is 0.0213. The largest absolute Gasteiger partial charge is 0.455 e. The van der Waals surface area contributed by atoms with Gasteiger partial charge in [0.25, 0.3) is 0 Å². The van der Waals surface area contributed by atoms with Crippen molar-refractivity contribution in [3.63, 3.8) is 0 Å². The maximum absolute atomic E-state index is 6.91. The Morgan fingerprint density at radius 1 is 0.519 bits per heavy atom. The van der Waals surface area contributed by atoms with Crippen LogP contribution >= 0.6 is 0 Å². The first-order valence-corrected chi connectivity index (χ1v) is 17.5.